The summed E-state index contributed by atoms with van der Waals surface area (Å²) in [4.78, 5) is 17.3. The molecule has 13 heteroatoms. The van der Waals surface area contributed by atoms with Gasteiger partial charge in [0.15, 0.2) is 9.84 Å². The molecule has 170 valence electrons. The highest BCUT2D eigenvalue weighted by Gasteiger charge is 2.31. The Hall–Kier alpha value is -2.61. The molecule has 1 amide bonds. The van der Waals surface area contributed by atoms with E-state index in [-0.39, 0.29) is 41.6 Å². The second-order valence-electron chi connectivity index (χ2n) is 7.28. The maximum absolute atomic E-state index is 12.5. The molecule has 0 bridgehead atoms. The fourth-order valence-electron chi connectivity index (χ4n) is 3.20. The summed E-state index contributed by atoms with van der Waals surface area (Å²) in [5, 5.41) is 8.49. The van der Waals surface area contributed by atoms with Crippen molar-refractivity contribution in [3.05, 3.63) is 47.7 Å². The van der Waals surface area contributed by atoms with Crippen LogP contribution in [0.5, 0.6) is 0 Å². The molecular formula is C19H20N4O6S3. The maximum atomic E-state index is 12.5. The number of nitrogens with zero attached hydrogens (tertiary/aromatic N) is 2. The van der Waals surface area contributed by atoms with Crippen molar-refractivity contribution in [1.29, 1.82) is 0 Å². The van der Waals surface area contributed by atoms with E-state index >= 15 is 0 Å². The maximum Gasteiger partial charge on any atom is 0.240 e. The zero-order valence-corrected chi connectivity index (χ0v) is 19.2. The molecule has 3 heterocycles. The van der Waals surface area contributed by atoms with E-state index in [4.69, 9.17) is 4.52 Å². The first kappa shape index (κ1) is 22.6. The third kappa shape index (κ3) is 5.59. The first-order chi connectivity index (χ1) is 15.2. The zero-order chi connectivity index (χ0) is 22.8. The van der Waals surface area contributed by atoms with Crippen LogP contribution < -0.4 is 10.0 Å². The Morgan fingerprint density at radius 1 is 1.22 bits per heavy atom. The SMILES string of the molecule is O=C(CCc1nc(-c2cccs2)no1)Nc1ccc(S(=O)(=O)N[C@H]2CCS(=O)(=O)C2)cc1. The lowest BCUT2D eigenvalue weighted by Gasteiger charge is -2.12. The highest BCUT2D eigenvalue weighted by atomic mass is 32.2. The number of hydrogen-bond donors (Lipinski definition) is 2. The van der Waals surface area contributed by atoms with Crippen LogP contribution in [0.25, 0.3) is 10.7 Å². The van der Waals surface area contributed by atoms with Crippen LogP contribution in [0.15, 0.2) is 51.2 Å². The molecule has 2 aromatic heterocycles. The van der Waals surface area contributed by atoms with E-state index < -0.39 is 25.9 Å². The van der Waals surface area contributed by atoms with Gasteiger partial charge in [-0.1, -0.05) is 11.2 Å². The van der Waals surface area contributed by atoms with Crippen LogP contribution in [0.3, 0.4) is 0 Å². The summed E-state index contributed by atoms with van der Waals surface area (Å²) in [7, 11) is -7.05. The van der Waals surface area contributed by atoms with Gasteiger partial charge >= 0.3 is 0 Å². The van der Waals surface area contributed by atoms with Gasteiger partial charge in [0.1, 0.15) is 0 Å². The molecule has 0 aliphatic carbocycles. The zero-order valence-electron chi connectivity index (χ0n) is 16.7. The Morgan fingerprint density at radius 3 is 2.66 bits per heavy atom. The topological polar surface area (TPSA) is 148 Å². The van der Waals surface area contributed by atoms with Gasteiger partial charge in [-0.2, -0.15) is 4.98 Å². The lowest BCUT2D eigenvalue weighted by molar-refractivity contribution is -0.116. The smallest absolute Gasteiger partial charge is 0.240 e. The van der Waals surface area contributed by atoms with Gasteiger partial charge in [-0.15, -0.1) is 11.3 Å². The van der Waals surface area contributed by atoms with E-state index in [0.29, 0.717) is 17.4 Å². The van der Waals surface area contributed by atoms with Crippen molar-refractivity contribution < 1.29 is 26.2 Å². The quantitative estimate of drug-likeness (QED) is 0.480. The Morgan fingerprint density at radius 2 is 2.00 bits per heavy atom. The molecule has 0 radical (unpaired) electrons. The normalized spacial score (nSPS) is 17.9. The molecule has 1 aliphatic rings. The van der Waals surface area contributed by atoms with E-state index in [0.717, 1.165) is 4.88 Å². The molecule has 1 saturated heterocycles. The Bertz CT molecular complexity index is 1300. The summed E-state index contributed by atoms with van der Waals surface area (Å²) in [6, 6.07) is 8.78. The van der Waals surface area contributed by atoms with Gasteiger partial charge in [0.05, 0.1) is 21.3 Å². The third-order valence-corrected chi connectivity index (χ3v) is 8.95. The number of sulfonamides is 1. The molecule has 1 fully saturated rings. The van der Waals surface area contributed by atoms with Crippen molar-refractivity contribution in [1.82, 2.24) is 14.9 Å². The minimum absolute atomic E-state index is 0.00763. The Labute approximate surface area is 189 Å². The van der Waals surface area contributed by atoms with Gasteiger partial charge in [0.2, 0.25) is 27.6 Å². The number of carbonyl (C=O) groups excluding carboxylic acids is 1. The number of thiophene rings is 1. The Balaban J connectivity index is 1.30. The molecule has 0 unspecified atom stereocenters. The molecule has 10 nitrogen and oxygen atoms in total. The second-order valence-corrected chi connectivity index (χ2v) is 12.2. The highest BCUT2D eigenvalue weighted by molar-refractivity contribution is 7.92. The second kappa shape index (κ2) is 9.10. The summed E-state index contributed by atoms with van der Waals surface area (Å²) in [5.41, 5.74) is 0.433. The summed E-state index contributed by atoms with van der Waals surface area (Å²) in [6.07, 6.45) is 0.638. The monoisotopic (exact) mass is 496 g/mol. The average Bonchev–Trinajstić information content (AvgIpc) is 3.47. The summed E-state index contributed by atoms with van der Waals surface area (Å²) < 4.78 is 55.6. The van der Waals surface area contributed by atoms with Crippen LogP contribution in [0.4, 0.5) is 5.69 Å². The van der Waals surface area contributed by atoms with Crippen LogP contribution in [-0.2, 0) is 31.1 Å². The number of sulfone groups is 1. The molecule has 2 N–H and O–H groups in total. The van der Waals surface area contributed by atoms with Crippen LogP contribution >= 0.6 is 11.3 Å². The number of nitrogens with one attached hydrogen (secondary N) is 2. The van der Waals surface area contributed by atoms with E-state index in [9.17, 15) is 21.6 Å². The van der Waals surface area contributed by atoms with E-state index in [1.54, 1.807) is 0 Å². The number of aryl methyl sites for hydroxylation is 1. The van der Waals surface area contributed by atoms with Crippen molar-refractivity contribution >= 4 is 42.8 Å². The minimum atomic E-state index is -3.86. The van der Waals surface area contributed by atoms with Gasteiger partial charge in [0, 0.05) is 24.6 Å². The highest BCUT2D eigenvalue weighted by Crippen LogP contribution is 2.22. The molecule has 1 aromatic carbocycles. The van der Waals surface area contributed by atoms with Gasteiger partial charge in [-0.25, -0.2) is 21.6 Å². The summed E-state index contributed by atoms with van der Waals surface area (Å²) >= 11 is 1.49. The number of benzene rings is 1. The van der Waals surface area contributed by atoms with Crippen molar-refractivity contribution in [2.45, 2.75) is 30.2 Å². The molecular weight excluding hydrogens is 476 g/mol. The molecule has 4 rings (SSSR count). The number of aromatic nitrogens is 2. The standard InChI is InChI=1S/C19H20N4O6S3/c24-17(7-8-18-21-19(22-29-18)16-2-1-10-30-16)20-13-3-5-15(6-4-13)32(27,28)23-14-9-11-31(25,26)12-14/h1-6,10,14,23H,7-9,11-12H2,(H,20,24)/t14-/m0/s1. The summed E-state index contributed by atoms with van der Waals surface area (Å²) in [5.74, 6) is 0.325. The number of carbonyl (C=O) groups is 1. The lowest BCUT2D eigenvalue weighted by atomic mass is 10.2. The number of hydrogen-bond acceptors (Lipinski definition) is 9. The fraction of sp³-hybridized carbons (Fsp3) is 0.316. The van der Waals surface area contributed by atoms with E-state index in [2.05, 4.69) is 20.2 Å². The van der Waals surface area contributed by atoms with Gasteiger partial charge in [-0.05, 0) is 42.1 Å². The van der Waals surface area contributed by atoms with Crippen LogP contribution in [0.2, 0.25) is 0 Å². The number of rotatable bonds is 8. The van der Waals surface area contributed by atoms with Crippen LogP contribution in [0, 0.1) is 0 Å². The van der Waals surface area contributed by atoms with Crippen molar-refractivity contribution in [3.8, 4) is 10.7 Å². The molecule has 0 spiro atoms. The largest absolute Gasteiger partial charge is 0.339 e. The first-order valence-corrected chi connectivity index (χ1v) is 13.9. The molecule has 1 aliphatic heterocycles. The van der Waals surface area contributed by atoms with E-state index in [1.165, 1.54) is 35.6 Å². The first-order valence-electron chi connectivity index (χ1n) is 9.69. The average molecular weight is 497 g/mol. The van der Waals surface area contributed by atoms with Crippen LogP contribution in [0.1, 0.15) is 18.7 Å². The molecule has 0 saturated carbocycles. The fourth-order valence-corrected chi connectivity index (χ4v) is 6.90. The van der Waals surface area contributed by atoms with Gasteiger partial charge < -0.3 is 9.84 Å². The van der Waals surface area contributed by atoms with Gasteiger partial charge in [0.25, 0.3) is 0 Å². The van der Waals surface area contributed by atoms with E-state index in [1.807, 2.05) is 17.5 Å². The van der Waals surface area contributed by atoms with Crippen molar-refractivity contribution in [2.75, 3.05) is 16.8 Å². The molecule has 32 heavy (non-hydrogen) atoms. The lowest BCUT2D eigenvalue weighted by Crippen LogP contribution is -2.35. The predicted octanol–water partition coefficient (Wildman–Crippen LogP) is 1.83. The van der Waals surface area contributed by atoms with Crippen molar-refractivity contribution in [3.63, 3.8) is 0 Å². The third-order valence-electron chi connectivity index (χ3n) is 4.78. The minimum Gasteiger partial charge on any atom is -0.339 e. The van der Waals surface area contributed by atoms with Crippen molar-refractivity contribution in [2.24, 2.45) is 0 Å². The molecule has 1 atom stereocenters. The number of amides is 1. The number of anilines is 1. The van der Waals surface area contributed by atoms with Crippen LogP contribution in [-0.4, -0.2) is 50.4 Å². The van der Waals surface area contributed by atoms with Gasteiger partial charge in [-0.3, -0.25) is 4.79 Å². The molecule has 3 aromatic rings. The summed E-state index contributed by atoms with van der Waals surface area (Å²) in [6.45, 7) is 0. The Kier molecular flexibility index (Phi) is 6.42. The predicted molar refractivity (Wildman–Crippen MR) is 118 cm³/mol.